The number of aryl methyl sites for hydroxylation is 1. The number of ether oxygens (including phenoxy) is 1. The van der Waals surface area contributed by atoms with Gasteiger partial charge < -0.3 is 10.1 Å². The largest absolute Gasteiger partial charge is 0.456 e. The van der Waals surface area contributed by atoms with Crippen LogP contribution in [0.15, 0.2) is 53.4 Å². The van der Waals surface area contributed by atoms with Crippen LogP contribution in [0.25, 0.3) is 0 Å². The molecule has 1 aliphatic rings. The summed E-state index contributed by atoms with van der Waals surface area (Å²) in [7, 11) is -3.51. The topological polar surface area (TPSA) is 92.8 Å². The number of esters is 1. The molecule has 1 amide bonds. The van der Waals surface area contributed by atoms with E-state index in [4.69, 9.17) is 4.74 Å². The van der Waals surface area contributed by atoms with Crippen molar-refractivity contribution in [1.29, 1.82) is 0 Å². The standard InChI is InChI=1S/C25H31FN2O5S/c1-19(21-9-11-22(26)12-10-21)27-24(29)18-33-25(30)15-8-20-6-13-23(14-7-20)34(31,32)28-16-4-2-3-5-17-28/h6-7,9-14,19H,2-5,8,15-18H2,1H3,(H,27,29). The normalized spacial score (nSPS) is 15.8. The molecule has 0 saturated carbocycles. The first-order valence-corrected chi connectivity index (χ1v) is 13.0. The molecular formula is C25H31FN2O5S. The molecule has 184 valence electrons. The van der Waals surface area contributed by atoms with E-state index in [2.05, 4.69) is 5.32 Å². The zero-order chi connectivity index (χ0) is 24.6. The van der Waals surface area contributed by atoms with Crippen LogP contribution in [0.4, 0.5) is 4.39 Å². The number of benzene rings is 2. The fraction of sp³-hybridized carbons (Fsp3) is 0.440. The summed E-state index contributed by atoms with van der Waals surface area (Å²) in [5, 5.41) is 2.70. The van der Waals surface area contributed by atoms with Crippen LogP contribution in [-0.4, -0.2) is 44.3 Å². The molecule has 3 rings (SSSR count). The Balaban J connectivity index is 1.43. The highest BCUT2D eigenvalue weighted by Gasteiger charge is 2.25. The van der Waals surface area contributed by atoms with Gasteiger partial charge in [-0.15, -0.1) is 0 Å². The van der Waals surface area contributed by atoms with Crippen LogP contribution in [0, 0.1) is 5.82 Å². The minimum Gasteiger partial charge on any atom is -0.456 e. The minimum atomic E-state index is -3.51. The Morgan fingerprint density at radius 1 is 1.00 bits per heavy atom. The van der Waals surface area contributed by atoms with Gasteiger partial charge in [0.2, 0.25) is 10.0 Å². The van der Waals surface area contributed by atoms with Crippen molar-refractivity contribution in [2.75, 3.05) is 19.7 Å². The van der Waals surface area contributed by atoms with Gasteiger partial charge in [0.15, 0.2) is 6.61 Å². The first kappa shape index (κ1) is 25.8. The second-order valence-electron chi connectivity index (χ2n) is 8.46. The molecule has 1 heterocycles. The van der Waals surface area contributed by atoms with Crippen LogP contribution in [0.3, 0.4) is 0 Å². The van der Waals surface area contributed by atoms with E-state index in [9.17, 15) is 22.4 Å². The molecule has 1 N–H and O–H groups in total. The molecule has 0 aliphatic carbocycles. The molecule has 2 aromatic carbocycles. The van der Waals surface area contributed by atoms with E-state index in [-0.39, 0.29) is 23.2 Å². The number of nitrogens with zero attached hydrogens (tertiary/aromatic N) is 1. The average Bonchev–Trinajstić information content (AvgIpc) is 3.12. The van der Waals surface area contributed by atoms with Gasteiger partial charge in [-0.3, -0.25) is 9.59 Å². The van der Waals surface area contributed by atoms with Crippen molar-refractivity contribution in [1.82, 2.24) is 9.62 Å². The van der Waals surface area contributed by atoms with Crippen LogP contribution >= 0.6 is 0 Å². The molecule has 1 fully saturated rings. The number of halogens is 1. The number of rotatable bonds is 9. The molecular weight excluding hydrogens is 459 g/mol. The number of hydrogen-bond donors (Lipinski definition) is 1. The molecule has 1 saturated heterocycles. The highest BCUT2D eigenvalue weighted by atomic mass is 32.2. The lowest BCUT2D eigenvalue weighted by Gasteiger charge is -2.20. The van der Waals surface area contributed by atoms with Gasteiger partial charge in [0, 0.05) is 19.5 Å². The molecule has 0 bridgehead atoms. The molecule has 1 atom stereocenters. The summed E-state index contributed by atoms with van der Waals surface area (Å²) < 4.78 is 45.3. The van der Waals surface area contributed by atoms with Crippen LogP contribution in [-0.2, 0) is 30.8 Å². The summed E-state index contributed by atoms with van der Waals surface area (Å²) in [5.74, 6) is -1.33. The van der Waals surface area contributed by atoms with Crippen molar-refractivity contribution in [3.63, 3.8) is 0 Å². The van der Waals surface area contributed by atoms with Crippen LogP contribution in [0.2, 0.25) is 0 Å². The van der Waals surface area contributed by atoms with Gasteiger partial charge >= 0.3 is 5.97 Å². The van der Waals surface area contributed by atoms with E-state index in [1.807, 2.05) is 0 Å². The number of sulfonamides is 1. The Morgan fingerprint density at radius 3 is 2.24 bits per heavy atom. The average molecular weight is 491 g/mol. The first-order chi connectivity index (χ1) is 16.3. The number of hydrogen-bond acceptors (Lipinski definition) is 5. The summed E-state index contributed by atoms with van der Waals surface area (Å²) in [6.07, 6.45) is 4.30. The quantitative estimate of drug-likeness (QED) is 0.541. The second kappa shape index (κ2) is 12.1. The molecule has 1 unspecified atom stereocenters. The number of carbonyl (C=O) groups is 2. The third-order valence-electron chi connectivity index (χ3n) is 5.86. The maximum Gasteiger partial charge on any atom is 0.306 e. The van der Waals surface area contributed by atoms with E-state index in [1.165, 1.54) is 12.1 Å². The Labute approximate surface area is 200 Å². The molecule has 9 heteroatoms. The maximum absolute atomic E-state index is 13.0. The molecule has 1 aliphatic heterocycles. The van der Waals surface area contributed by atoms with Gasteiger partial charge in [-0.2, -0.15) is 4.31 Å². The number of nitrogens with one attached hydrogen (secondary N) is 1. The lowest BCUT2D eigenvalue weighted by atomic mass is 10.1. The molecule has 7 nitrogen and oxygen atoms in total. The Hall–Kier alpha value is -2.78. The smallest absolute Gasteiger partial charge is 0.306 e. The third kappa shape index (κ3) is 7.36. The van der Waals surface area contributed by atoms with Crippen molar-refractivity contribution in [3.05, 3.63) is 65.5 Å². The SMILES string of the molecule is CC(NC(=O)COC(=O)CCc1ccc(S(=O)(=O)N2CCCCCC2)cc1)c1ccc(F)cc1. The summed E-state index contributed by atoms with van der Waals surface area (Å²) in [6.45, 7) is 2.44. The third-order valence-corrected chi connectivity index (χ3v) is 7.77. The molecule has 2 aromatic rings. The highest BCUT2D eigenvalue weighted by molar-refractivity contribution is 7.89. The summed E-state index contributed by atoms with van der Waals surface area (Å²) in [5.41, 5.74) is 1.54. The monoisotopic (exact) mass is 490 g/mol. The van der Waals surface area contributed by atoms with E-state index < -0.39 is 28.5 Å². The lowest BCUT2D eigenvalue weighted by molar-refractivity contribution is -0.148. The Bertz CT molecular complexity index is 1060. The highest BCUT2D eigenvalue weighted by Crippen LogP contribution is 2.21. The maximum atomic E-state index is 13.0. The van der Waals surface area contributed by atoms with Crippen molar-refractivity contribution in [2.24, 2.45) is 0 Å². The molecule has 0 aromatic heterocycles. The number of carbonyl (C=O) groups excluding carboxylic acids is 2. The number of amides is 1. The summed E-state index contributed by atoms with van der Waals surface area (Å²) in [4.78, 5) is 24.3. The molecule has 0 radical (unpaired) electrons. The van der Waals surface area contributed by atoms with Crippen molar-refractivity contribution in [3.8, 4) is 0 Å². The Kier molecular flexibility index (Phi) is 9.18. The lowest BCUT2D eigenvalue weighted by Crippen LogP contribution is -2.31. The van der Waals surface area contributed by atoms with Crippen LogP contribution < -0.4 is 5.32 Å². The van der Waals surface area contributed by atoms with Gasteiger partial charge in [0.25, 0.3) is 5.91 Å². The van der Waals surface area contributed by atoms with E-state index in [0.717, 1.165) is 36.8 Å². The zero-order valence-corrected chi connectivity index (χ0v) is 20.2. The molecule has 34 heavy (non-hydrogen) atoms. The van der Waals surface area contributed by atoms with Crippen molar-refractivity contribution < 1.29 is 27.1 Å². The molecule has 0 spiro atoms. The summed E-state index contributed by atoms with van der Waals surface area (Å²) in [6, 6.07) is 12.0. The fourth-order valence-electron chi connectivity index (χ4n) is 3.84. The second-order valence-corrected chi connectivity index (χ2v) is 10.4. The fourth-order valence-corrected chi connectivity index (χ4v) is 5.36. The van der Waals surface area contributed by atoms with E-state index >= 15 is 0 Å². The van der Waals surface area contributed by atoms with E-state index in [1.54, 1.807) is 47.6 Å². The predicted octanol–water partition coefficient (Wildman–Crippen LogP) is 3.74. The zero-order valence-electron chi connectivity index (χ0n) is 19.3. The predicted molar refractivity (Wildman–Crippen MR) is 126 cm³/mol. The minimum absolute atomic E-state index is 0.0685. The Morgan fingerprint density at radius 2 is 1.62 bits per heavy atom. The van der Waals surface area contributed by atoms with Crippen molar-refractivity contribution in [2.45, 2.75) is 56.4 Å². The van der Waals surface area contributed by atoms with Gasteiger partial charge in [0.1, 0.15) is 5.82 Å². The van der Waals surface area contributed by atoms with Crippen LogP contribution in [0.5, 0.6) is 0 Å². The van der Waals surface area contributed by atoms with E-state index in [0.29, 0.717) is 19.5 Å². The van der Waals surface area contributed by atoms with Gasteiger partial charge in [-0.1, -0.05) is 37.1 Å². The van der Waals surface area contributed by atoms with Gasteiger partial charge in [-0.05, 0) is 61.6 Å². The van der Waals surface area contributed by atoms with Gasteiger partial charge in [0.05, 0.1) is 10.9 Å². The van der Waals surface area contributed by atoms with Gasteiger partial charge in [-0.25, -0.2) is 12.8 Å². The van der Waals surface area contributed by atoms with Crippen molar-refractivity contribution >= 4 is 21.9 Å². The summed E-state index contributed by atoms with van der Waals surface area (Å²) >= 11 is 0. The van der Waals surface area contributed by atoms with Crippen LogP contribution in [0.1, 0.15) is 56.2 Å². The first-order valence-electron chi connectivity index (χ1n) is 11.6.